The molecule has 3 N–H and O–H groups in total. The molecule has 1 amide bonds. The summed E-state index contributed by atoms with van der Waals surface area (Å²) in [6.45, 7) is 3.72. The Bertz CT molecular complexity index is 1680. The van der Waals surface area contributed by atoms with Crippen LogP contribution < -0.4 is 5.32 Å². The van der Waals surface area contributed by atoms with Crippen molar-refractivity contribution in [1.29, 1.82) is 0 Å². The summed E-state index contributed by atoms with van der Waals surface area (Å²) in [5.74, 6) is -0.151. The molecule has 172 valence electrons. The van der Waals surface area contributed by atoms with E-state index in [0.29, 0.717) is 5.69 Å². The highest BCUT2D eigenvalue weighted by molar-refractivity contribution is 6.00. The summed E-state index contributed by atoms with van der Waals surface area (Å²) in [5, 5.41) is 12.6. The predicted octanol–water partition coefficient (Wildman–Crippen LogP) is 6.02. The van der Waals surface area contributed by atoms with Crippen LogP contribution in [0.4, 0.5) is 5.69 Å². The van der Waals surface area contributed by atoms with Gasteiger partial charge in [-0.25, -0.2) is 4.98 Å². The van der Waals surface area contributed by atoms with Crippen LogP contribution in [0.3, 0.4) is 0 Å². The summed E-state index contributed by atoms with van der Waals surface area (Å²) in [5.41, 5.74) is 7.95. The molecule has 8 nitrogen and oxygen atoms in total. The van der Waals surface area contributed by atoms with E-state index in [1.54, 1.807) is 31.1 Å². The first-order valence-electron chi connectivity index (χ1n) is 11.3. The molecule has 0 unspecified atom stereocenters. The summed E-state index contributed by atoms with van der Waals surface area (Å²) in [7, 11) is 0. The topological polar surface area (TPSA) is 112 Å². The van der Waals surface area contributed by atoms with Crippen molar-refractivity contribution >= 4 is 33.5 Å². The fourth-order valence-corrected chi connectivity index (χ4v) is 4.18. The van der Waals surface area contributed by atoms with E-state index in [-0.39, 0.29) is 11.8 Å². The van der Waals surface area contributed by atoms with Crippen molar-refractivity contribution in [2.45, 2.75) is 13.8 Å². The zero-order valence-corrected chi connectivity index (χ0v) is 19.2. The minimum atomic E-state index is -0.108. The van der Waals surface area contributed by atoms with Gasteiger partial charge in [0, 0.05) is 40.2 Å². The van der Waals surface area contributed by atoms with Crippen LogP contribution in [0.15, 0.2) is 78.0 Å². The number of fused-ring (bicyclic) bond motifs is 2. The predicted molar refractivity (Wildman–Crippen MR) is 136 cm³/mol. The molecule has 0 saturated heterocycles. The van der Waals surface area contributed by atoms with Crippen molar-refractivity contribution in [2.24, 2.45) is 5.92 Å². The van der Waals surface area contributed by atoms with Crippen LogP contribution in [0.1, 0.15) is 13.8 Å². The summed E-state index contributed by atoms with van der Waals surface area (Å²) >= 11 is 0. The minimum absolute atomic E-state index is 0.0428. The second-order valence-electron chi connectivity index (χ2n) is 8.75. The molecule has 0 aliphatic carbocycles. The number of H-pyrrole nitrogens is 2. The lowest BCUT2D eigenvalue weighted by Gasteiger charge is -2.09. The number of aromatic nitrogens is 5. The minimum Gasteiger partial charge on any atom is -0.472 e. The summed E-state index contributed by atoms with van der Waals surface area (Å²) in [6, 6.07) is 14.0. The average Bonchev–Trinajstić information content (AvgIpc) is 3.62. The Hall–Kier alpha value is -4.72. The third-order valence-corrected chi connectivity index (χ3v) is 6.05. The van der Waals surface area contributed by atoms with E-state index in [1.807, 2.05) is 44.2 Å². The number of carbonyl (C=O) groups excluding carboxylic acids is 1. The third kappa shape index (κ3) is 3.74. The molecule has 35 heavy (non-hydrogen) atoms. The fraction of sp³-hybridized carbons (Fsp3) is 0.111. The molecular formula is C27H22N6O2. The molecule has 8 heteroatoms. The van der Waals surface area contributed by atoms with Gasteiger partial charge in [0.05, 0.1) is 35.6 Å². The number of hydrogen-bond donors (Lipinski definition) is 3. The number of nitrogens with zero attached hydrogens (tertiary/aromatic N) is 3. The number of nitrogens with one attached hydrogen (secondary N) is 3. The van der Waals surface area contributed by atoms with E-state index < -0.39 is 0 Å². The van der Waals surface area contributed by atoms with Gasteiger partial charge in [0.15, 0.2) is 0 Å². The number of carbonyl (C=O) groups is 1. The Morgan fingerprint density at radius 3 is 2.74 bits per heavy atom. The Morgan fingerprint density at radius 1 is 1.00 bits per heavy atom. The molecule has 0 aliphatic rings. The Labute approximate surface area is 200 Å². The van der Waals surface area contributed by atoms with Gasteiger partial charge in [0.25, 0.3) is 0 Å². The van der Waals surface area contributed by atoms with E-state index in [2.05, 4.69) is 42.6 Å². The maximum Gasteiger partial charge on any atom is 0.226 e. The van der Waals surface area contributed by atoms with Crippen LogP contribution in [0.25, 0.3) is 55.6 Å². The average molecular weight is 463 g/mol. The first kappa shape index (κ1) is 20.9. The second kappa shape index (κ2) is 8.25. The van der Waals surface area contributed by atoms with Crippen LogP contribution in [0.5, 0.6) is 0 Å². The zero-order valence-electron chi connectivity index (χ0n) is 19.2. The molecule has 5 aromatic heterocycles. The summed E-state index contributed by atoms with van der Waals surface area (Å²) < 4.78 is 5.27. The lowest BCUT2D eigenvalue weighted by Crippen LogP contribution is -2.17. The van der Waals surface area contributed by atoms with Gasteiger partial charge in [-0.15, -0.1) is 0 Å². The molecule has 1 aromatic carbocycles. The van der Waals surface area contributed by atoms with Gasteiger partial charge in [-0.05, 0) is 47.5 Å². The van der Waals surface area contributed by atoms with Gasteiger partial charge in [-0.1, -0.05) is 19.9 Å². The van der Waals surface area contributed by atoms with Gasteiger partial charge >= 0.3 is 0 Å². The lowest BCUT2D eigenvalue weighted by atomic mass is 10.0. The molecule has 0 spiro atoms. The fourth-order valence-electron chi connectivity index (χ4n) is 4.18. The van der Waals surface area contributed by atoms with Gasteiger partial charge in [-0.3, -0.25) is 14.9 Å². The molecule has 5 heterocycles. The number of anilines is 1. The number of aromatic amines is 2. The number of pyridine rings is 2. The van der Waals surface area contributed by atoms with Crippen LogP contribution in [0.2, 0.25) is 0 Å². The Morgan fingerprint density at radius 2 is 1.91 bits per heavy atom. The maximum atomic E-state index is 12.1. The normalized spacial score (nSPS) is 11.5. The highest BCUT2D eigenvalue weighted by Crippen LogP contribution is 2.34. The zero-order chi connectivity index (χ0) is 23.9. The summed E-state index contributed by atoms with van der Waals surface area (Å²) in [4.78, 5) is 24.3. The van der Waals surface area contributed by atoms with Crippen LogP contribution in [-0.2, 0) is 4.79 Å². The van der Waals surface area contributed by atoms with Crippen molar-refractivity contribution in [3.63, 3.8) is 0 Å². The van der Waals surface area contributed by atoms with E-state index in [9.17, 15) is 4.79 Å². The molecule has 6 rings (SSSR count). The van der Waals surface area contributed by atoms with Gasteiger partial charge in [0.2, 0.25) is 5.91 Å². The van der Waals surface area contributed by atoms with Crippen molar-refractivity contribution < 1.29 is 9.21 Å². The SMILES string of the molecule is CC(C)C(=O)Nc1cncc(-c2ccc3[nH]nc(-c4cc5c(-c6ccoc6)ccnc5[nH]4)c3c2)c1. The standard InChI is InChI=1S/C27H22N6O2/c1-15(2)27(34)30-19-9-18(12-28-13-19)16-3-4-23-22(10-16)25(33-32-23)24-11-21-20(17-6-8-35-14-17)5-7-29-26(21)31-24/h3-15H,1-2H3,(H,29,31)(H,30,34)(H,32,33). The maximum absolute atomic E-state index is 12.1. The molecule has 0 atom stereocenters. The van der Waals surface area contributed by atoms with E-state index >= 15 is 0 Å². The first-order valence-corrected chi connectivity index (χ1v) is 11.3. The third-order valence-electron chi connectivity index (χ3n) is 6.05. The van der Waals surface area contributed by atoms with Crippen molar-refractivity contribution in [1.82, 2.24) is 25.1 Å². The van der Waals surface area contributed by atoms with Crippen LogP contribution in [0, 0.1) is 5.92 Å². The highest BCUT2D eigenvalue weighted by Gasteiger charge is 2.15. The Balaban J connectivity index is 1.41. The van der Waals surface area contributed by atoms with Gasteiger partial charge < -0.3 is 14.7 Å². The lowest BCUT2D eigenvalue weighted by molar-refractivity contribution is -0.118. The van der Waals surface area contributed by atoms with Crippen molar-refractivity contribution in [3.05, 3.63) is 73.6 Å². The van der Waals surface area contributed by atoms with E-state index in [1.165, 1.54) is 0 Å². The number of rotatable bonds is 5. The molecule has 0 fully saturated rings. The van der Waals surface area contributed by atoms with Crippen molar-refractivity contribution in [3.8, 4) is 33.6 Å². The quantitative estimate of drug-likeness (QED) is 0.290. The second-order valence-corrected chi connectivity index (χ2v) is 8.75. The van der Waals surface area contributed by atoms with Gasteiger partial charge in [0.1, 0.15) is 11.3 Å². The molecule has 0 bridgehead atoms. The van der Waals surface area contributed by atoms with Crippen molar-refractivity contribution in [2.75, 3.05) is 5.32 Å². The van der Waals surface area contributed by atoms with Crippen LogP contribution >= 0.6 is 0 Å². The molecule has 6 aromatic rings. The van der Waals surface area contributed by atoms with Gasteiger partial charge in [-0.2, -0.15) is 5.10 Å². The molecule has 0 aliphatic heterocycles. The highest BCUT2D eigenvalue weighted by atomic mass is 16.3. The number of benzene rings is 1. The molecule has 0 saturated carbocycles. The first-order chi connectivity index (χ1) is 17.1. The Kier molecular flexibility index (Phi) is 4.92. The summed E-state index contributed by atoms with van der Waals surface area (Å²) in [6.07, 6.45) is 8.61. The largest absolute Gasteiger partial charge is 0.472 e. The monoisotopic (exact) mass is 462 g/mol. The number of furan rings is 1. The van der Waals surface area contributed by atoms with E-state index in [4.69, 9.17) is 4.42 Å². The number of amides is 1. The smallest absolute Gasteiger partial charge is 0.226 e. The van der Waals surface area contributed by atoms with Crippen LogP contribution in [-0.4, -0.2) is 31.1 Å². The number of hydrogen-bond acceptors (Lipinski definition) is 5. The molecule has 0 radical (unpaired) electrons. The van der Waals surface area contributed by atoms with E-state index in [0.717, 1.165) is 55.6 Å². The molecular weight excluding hydrogens is 440 g/mol.